The number of anilines is 4. The fourth-order valence-corrected chi connectivity index (χ4v) is 3.12. The number of carbonyl (C=O) groups excluding carboxylic acids is 1. The largest absolute Gasteiger partial charge is 0.369 e. The second-order valence-corrected chi connectivity index (χ2v) is 7.03. The zero-order valence-corrected chi connectivity index (χ0v) is 16.4. The third-order valence-corrected chi connectivity index (χ3v) is 4.78. The number of amides is 1. The van der Waals surface area contributed by atoms with Crippen molar-refractivity contribution in [3.8, 4) is 0 Å². The number of nitrogens with one attached hydrogen (secondary N) is 2. The Hall–Kier alpha value is -3.46. The van der Waals surface area contributed by atoms with E-state index in [0.29, 0.717) is 23.1 Å². The van der Waals surface area contributed by atoms with Gasteiger partial charge in [0.05, 0.1) is 0 Å². The molecule has 1 saturated heterocycles. The molecule has 1 aliphatic rings. The number of hydrogen-bond acceptors (Lipinski definition) is 8. The first kappa shape index (κ1) is 18.9. The van der Waals surface area contributed by atoms with Crippen LogP contribution in [0.5, 0.6) is 0 Å². The van der Waals surface area contributed by atoms with Gasteiger partial charge in [-0.15, -0.1) is 0 Å². The molecule has 29 heavy (non-hydrogen) atoms. The lowest BCUT2D eigenvalue weighted by atomic mass is 10.2. The Balaban J connectivity index is 1.39. The minimum absolute atomic E-state index is 0.255. The summed E-state index contributed by atoms with van der Waals surface area (Å²) in [6, 6.07) is 11.2. The predicted octanol–water partition coefficient (Wildman–Crippen LogP) is 2.52. The van der Waals surface area contributed by atoms with Crippen molar-refractivity contribution in [3.05, 3.63) is 54.2 Å². The molecule has 2 aromatic heterocycles. The molecule has 3 heterocycles. The highest BCUT2D eigenvalue weighted by molar-refractivity contribution is 6.03. The van der Waals surface area contributed by atoms with E-state index in [4.69, 9.17) is 4.52 Å². The number of likely N-dealkylation sites (N-methyl/N-ethyl adjacent to an activating group) is 1. The molecule has 0 unspecified atom stereocenters. The minimum Gasteiger partial charge on any atom is -0.369 e. The average molecular weight is 393 g/mol. The van der Waals surface area contributed by atoms with Gasteiger partial charge in [-0.3, -0.25) is 4.79 Å². The van der Waals surface area contributed by atoms with Gasteiger partial charge in [0.2, 0.25) is 0 Å². The van der Waals surface area contributed by atoms with Crippen LogP contribution >= 0.6 is 0 Å². The van der Waals surface area contributed by atoms with Crippen LogP contribution in [0.25, 0.3) is 0 Å². The van der Waals surface area contributed by atoms with Crippen LogP contribution in [0.3, 0.4) is 0 Å². The highest BCUT2D eigenvalue weighted by Gasteiger charge is 2.15. The van der Waals surface area contributed by atoms with E-state index in [9.17, 15) is 4.79 Å². The number of benzene rings is 1. The summed E-state index contributed by atoms with van der Waals surface area (Å²) in [5.74, 6) is 1.36. The monoisotopic (exact) mass is 393 g/mol. The normalized spacial score (nSPS) is 14.6. The van der Waals surface area contributed by atoms with E-state index in [-0.39, 0.29) is 11.6 Å². The van der Waals surface area contributed by atoms with E-state index in [1.54, 1.807) is 19.1 Å². The number of rotatable bonds is 5. The van der Waals surface area contributed by atoms with Crippen LogP contribution in [0, 0.1) is 6.92 Å². The number of aromatic nitrogens is 3. The first-order valence-corrected chi connectivity index (χ1v) is 9.44. The van der Waals surface area contributed by atoms with E-state index in [1.165, 1.54) is 6.33 Å². The second kappa shape index (κ2) is 8.27. The maximum atomic E-state index is 12.6. The van der Waals surface area contributed by atoms with E-state index in [1.807, 2.05) is 24.3 Å². The first-order valence-electron chi connectivity index (χ1n) is 9.44. The van der Waals surface area contributed by atoms with Gasteiger partial charge in [-0.25, -0.2) is 9.97 Å². The van der Waals surface area contributed by atoms with E-state index >= 15 is 0 Å². The van der Waals surface area contributed by atoms with Gasteiger partial charge in [0.15, 0.2) is 5.82 Å². The second-order valence-electron chi connectivity index (χ2n) is 7.03. The molecular formula is C20H23N7O2. The lowest BCUT2D eigenvalue weighted by Gasteiger charge is -2.34. The SMILES string of the molecule is Cc1cc(Nc2cc(C(=O)Nc3ccc(N4CCN(C)CC4)cc3)ncn2)no1. The summed E-state index contributed by atoms with van der Waals surface area (Å²) in [5, 5.41) is 9.71. The van der Waals surface area contributed by atoms with Crippen molar-refractivity contribution in [1.82, 2.24) is 20.0 Å². The van der Waals surface area contributed by atoms with Crippen molar-refractivity contribution in [2.75, 3.05) is 48.8 Å². The topological polar surface area (TPSA) is 99.4 Å². The number of piperazine rings is 1. The smallest absolute Gasteiger partial charge is 0.274 e. The van der Waals surface area contributed by atoms with Crippen LogP contribution in [0.1, 0.15) is 16.2 Å². The molecule has 1 aliphatic heterocycles. The maximum Gasteiger partial charge on any atom is 0.274 e. The van der Waals surface area contributed by atoms with Crippen molar-refractivity contribution in [2.45, 2.75) is 6.92 Å². The highest BCUT2D eigenvalue weighted by atomic mass is 16.5. The molecule has 9 nitrogen and oxygen atoms in total. The quantitative estimate of drug-likeness (QED) is 0.682. The summed E-state index contributed by atoms with van der Waals surface area (Å²) in [7, 11) is 2.14. The predicted molar refractivity (Wildman–Crippen MR) is 111 cm³/mol. The lowest BCUT2D eigenvalue weighted by Crippen LogP contribution is -2.44. The molecule has 1 aromatic carbocycles. The van der Waals surface area contributed by atoms with Gasteiger partial charge in [-0.1, -0.05) is 5.16 Å². The fraction of sp³-hybridized carbons (Fsp3) is 0.300. The maximum absolute atomic E-state index is 12.6. The van der Waals surface area contributed by atoms with Gasteiger partial charge in [0, 0.05) is 49.7 Å². The van der Waals surface area contributed by atoms with Crippen molar-refractivity contribution >= 4 is 28.9 Å². The molecule has 9 heteroatoms. The Morgan fingerprint density at radius 1 is 1.03 bits per heavy atom. The molecule has 3 aromatic rings. The lowest BCUT2D eigenvalue weighted by molar-refractivity contribution is 0.102. The van der Waals surface area contributed by atoms with Gasteiger partial charge in [0.25, 0.3) is 5.91 Å². The molecule has 1 amide bonds. The number of nitrogens with zero attached hydrogens (tertiary/aromatic N) is 5. The fourth-order valence-electron chi connectivity index (χ4n) is 3.12. The van der Waals surface area contributed by atoms with Gasteiger partial charge < -0.3 is 25.0 Å². The van der Waals surface area contributed by atoms with Crippen LogP contribution in [0.2, 0.25) is 0 Å². The van der Waals surface area contributed by atoms with Crippen molar-refractivity contribution in [2.24, 2.45) is 0 Å². The molecule has 0 aliphatic carbocycles. The zero-order valence-electron chi connectivity index (χ0n) is 16.4. The van der Waals surface area contributed by atoms with Crippen LogP contribution in [0.4, 0.5) is 23.0 Å². The molecule has 1 fully saturated rings. The van der Waals surface area contributed by atoms with Gasteiger partial charge in [-0.2, -0.15) is 0 Å². The molecule has 0 radical (unpaired) electrons. The van der Waals surface area contributed by atoms with Crippen LogP contribution in [-0.4, -0.2) is 59.2 Å². The van der Waals surface area contributed by atoms with Crippen LogP contribution in [0.15, 0.2) is 47.2 Å². The average Bonchev–Trinajstić information content (AvgIpc) is 3.14. The van der Waals surface area contributed by atoms with Crippen LogP contribution < -0.4 is 15.5 Å². The summed E-state index contributed by atoms with van der Waals surface area (Å²) in [6.45, 7) is 5.91. The Labute approximate surface area is 168 Å². The summed E-state index contributed by atoms with van der Waals surface area (Å²) >= 11 is 0. The summed E-state index contributed by atoms with van der Waals surface area (Å²) in [6.07, 6.45) is 1.33. The van der Waals surface area contributed by atoms with E-state index < -0.39 is 0 Å². The summed E-state index contributed by atoms with van der Waals surface area (Å²) in [5.41, 5.74) is 2.13. The van der Waals surface area contributed by atoms with Gasteiger partial charge in [0.1, 0.15) is 23.6 Å². The van der Waals surface area contributed by atoms with Crippen molar-refractivity contribution < 1.29 is 9.32 Å². The molecule has 0 atom stereocenters. The third-order valence-electron chi connectivity index (χ3n) is 4.78. The van der Waals surface area contributed by atoms with Crippen molar-refractivity contribution in [1.29, 1.82) is 0 Å². The molecular weight excluding hydrogens is 370 g/mol. The first-order chi connectivity index (χ1) is 14.1. The van der Waals surface area contributed by atoms with Gasteiger partial charge >= 0.3 is 0 Å². The molecule has 2 N–H and O–H groups in total. The number of aryl methyl sites for hydroxylation is 1. The molecule has 0 spiro atoms. The van der Waals surface area contributed by atoms with Gasteiger partial charge in [-0.05, 0) is 38.2 Å². The summed E-state index contributed by atoms with van der Waals surface area (Å²) < 4.78 is 5.01. The van der Waals surface area contributed by atoms with E-state index in [0.717, 1.165) is 31.9 Å². The summed E-state index contributed by atoms with van der Waals surface area (Å²) in [4.78, 5) is 25.4. The number of hydrogen-bond donors (Lipinski definition) is 2. The Morgan fingerprint density at radius 3 is 2.48 bits per heavy atom. The molecule has 0 bridgehead atoms. The Bertz CT molecular complexity index is 979. The Morgan fingerprint density at radius 2 is 1.79 bits per heavy atom. The number of carbonyl (C=O) groups is 1. The third kappa shape index (κ3) is 4.69. The molecule has 0 saturated carbocycles. The highest BCUT2D eigenvalue weighted by Crippen LogP contribution is 2.20. The molecule has 4 rings (SSSR count). The minimum atomic E-state index is -0.306. The molecule has 150 valence electrons. The van der Waals surface area contributed by atoms with Crippen molar-refractivity contribution in [3.63, 3.8) is 0 Å². The Kier molecular flexibility index (Phi) is 5.39. The van der Waals surface area contributed by atoms with E-state index in [2.05, 4.69) is 42.6 Å². The standard InChI is InChI=1S/C20H23N7O2/c1-14-11-19(25-29-14)24-18-12-17(21-13-22-18)20(28)23-15-3-5-16(6-4-15)27-9-7-26(2)8-10-27/h3-6,11-13H,7-10H2,1-2H3,(H,23,28)(H,21,22,24,25). The zero-order chi connectivity index (χ0) is 20.2. The van der Waals surface area contributed by atoms with Crippen LogP contribution in [-0.2, 0) is 0 Å².